The number of nitrogens with zero attached hydrogens (tertiary/aromatic N) is 3. The molecule has 2 aromatic carbocycles. The molecule has 0 heterocycles. The summed E-state index contributed by atoms with van der Waals surface area (Å²) < 4.78 is 35.6. The smallest absolute Gasteiger partial charge is 0.339 e. The summed E-state index contributed by atoms with van der Waals surface area (Å²) in [5.74, 6) is 0.690. The Hall–Kier alpha value is -3.58. The maximum atomic E-state index is 12.4. The first kappa shape index (κ1) is 25.5. The van der Waals surface area contributed by atoms with E-state index in [-0.39, 0.29) is 29.8 Å². The molecule has 0 fully saturated rings. The van der Waals surface area contributed by atoms with Gasteiger partial charge in [-0.05, 0) is 42.8 Å². The van der Waals surface area contributed by atoms with Crippen molar-refractivity contribution in [1.82, 2.24) is 5.43 Å². The van der Waals surface area contributed by atoms with Crippen molar-refractivity contribution in [2.45, 2.75) is 11.8 Å². The maximum Gasteiger partial charge on any atom is 0.339 e. The second-order valence-corrected chi connectivity index (χ2v) is 7.58. The molecule has 4 N–H and O–H groups in total. The van der Waals surface area contributed by atoms with Gasteiger partial charge in [0.05, 0.1) is 6.54 Å². The molecule has 12 nitrogen and oxygen atoms in total. The molecule has 0 unspecified atom stereocenters. The van der Waals surface area contributed by atoms with E-state index in [0.29, 0.717) is 10.8 Å². The average molecular weight is 474 g/mol. The van der Waals surface area contributed by atoms with Crippen LogP contribution in [0.25, 0.3) is 0 Å². The number of rotatable bonds is 8. The minimum absolute atomic E-state index is 0.0351. The molecule has 0 radical (unpaired) electrons. The van der Waals surface area contributed by atoms with Crippen molar-refractivity contribution in [3.63, 3.8) is 0 Å². The number of aryl methyl sites for hydroxylation is 1. The van der Waals surface area contributed by atoms with Gasteiger partial charge in [-0.2, -0.15) is 13.5 Å². The van der Waals surface area contributed by atoms with Crippen LogP contribution in [0.4, 0.5) is 0 Å². The summed E-state index contributed by atoms with van der Waals surface area (Å²) in [5, 5.41) is 17.3. The highest BCUT2D eigenvalue weighted by atomic mass is 35.5. The summed E-state index contributed by atoms with van der Waals surface area (Å²) in [7, 11) is -4.02. The van der Waals surface area contributed by atoms with Crippen LogP contribution in [0.5, 0.6) is 11.5 Å². The molecule has 0 amide bonds. The largest absolute Gasteiger partial charge is 0.492 e. The summed E-state index contributed by atoms with van der Waals surface area (Å²) >= 11 is 5.84. The SMILES string of the molecule is C=NNC(N)=NCCOc1cc(C)cc(OS(=O)(=O)c2cccc(Cl)c2)c1.O=[N+]([O-])O. The first-order chi connectivity index (χ1) is 14.5. The molecule has 0 aliphatic rings. The van der Waals surface area contributed by atoms with E-state index in [2.05, 4.69) is 22.2 Å². The molecule has 0 spiro atoms. The monoisotopic (exact) mass is 473 g/mol. The Morgan fingerprint density at radius 1 is 1.32 bits per heavy atom. The number of benzene rings is 2. The Labute approximate surface area is 183 Å². The van der Waals surface area contributed by atoms with E-state index in [1.54, 1.807) is 25.1 Å². The number of nitrogens with two attached hydrogens (primary N) is 1. The van der Waals surface area contributed by atoms with Crippen LogP contribution in [0.1, 0.15) is 5.56 Å². The molecule has 0 aromatic heterocycles. The first-order valence-electron chi connectivity index (χ1n) is 8.33. The zero-order valence-electron chi connectivity index (χ0n) is 16.3. The highest BCUT2D eigenvalue weighted by Crippen LogP contribution is 2.26. The average Bonchev–Trinajstić information content (AvgIpc) is 2.64. The quantitative estimate of drug-likeness (QED) is 0.129. The van der Waals surface area contributed by atoms with Gasteiger partial charge >= 0.3 is 10.1 Å². The number of hydrogen-bond donors (Lipinski definition) is 3. The van der Waals surface area contributed by atoms with Gasteiger partial charge in [0, 0.05) is 17.8 Å². The fraction of sp³-hybridized carbons (Fsp3) is 0.176. The van der Waals surface area contributed by atoms with E-state index in [1.807, 2.05) is 0 Å². The molecule has 0 saturated heterocycles. The predicted molar refractivity (Wildman–Crippen MR) is 114 cm³/mol. The Bertz CT molecular complexity index is 1040. The number of nitrogens with one attached hydrogen (secondary N) is 1. The number of guanidine groups is 1. The summed E-state index contributed by atoms with van der Waals surface area (Å²) in [6, 6.07) is 10.6. The van der Waals surface area contributed by atoms with Gasteiger partial charge < -0.3 is 19.9 Å². The standard InChI is InChI=1S/C17H19ClN4O4S.HNO3/c1-12-8-14(25-7-6-21-17(19)22-20-2)11-15(9-12)26-27(23,24)16-5-3-4-13(18)10-16;2-1(3)4/h3-5,8-11H,2,6-7H2,1H3,(H3,19,21,22);(H,2,3,4). The lowest BCUT2D eigenvalue weighted by Crippen LogP contribution is -2.27. The lowest BCUT2D eigenvalue weighted by molar-refractivity contribution is -0.742. The molecule has 168 valence electrons. The predicted octanol–water partition coefficient (Wildman–Crippen LogP) is 1.97. The topological polar surface area (TPSA) is 179 Å². The van der Waals surface area contributed by atoms with E-state index in [0.717, 1.165) is 5.56 Å². The first-order valence-corrected chi connectivity index (χ1v) is 10.1. The van der Waals surface area contributed by atoms with Crippen molar-refractivity contribution in [2.24, 2.45) is 15.8 Å². The lowest BCUT2D eigenvalue weighted by Gasteiger charge is -2.11. The number of halogens is 1. The molecule has 2 rings (SSSR count). The number of aliphatic imine (C=N–C) groups is 1. The van der Waals surface area contributed by atoms with Gasteiger partial charge in [-0.15, -0.1) is 10.1 Å². The second-order valence-electron chi connectivity index (χ2n) is 5.60. The molecule has 0 saturated carbocycles. The molecule has 0 atom stereocenters. The zero-order valence-corrected chi connectivity index (χ0v) is 17.8. The van der Waals surface area contributed by atoms with Gasteiger partial charge in [0.2, 0.25) is 5.96 Å². The minimum atomic E-state index is -4.02. The van der Waals surface area contributed by atoms with E-state index < -0.39 is 15.2 Å². The van der Waals surface area contributed by atoms with Gasteiger partial charge in [0.1, 0.15) is 23.0 Å². The molecular formula is C17H20ClN5O7S. The van der Waals surface area contributed by atoms with Crippen LogP contribution < -0.4 is 20.1 Å². The van der Waals surface area contributed by atoms with E-state index in [4.69, 9.17) is 41.6 Å². The molecule has 14 heteroatoms. The Balaban J connectivity index is 0.00000110. The fourth-order valence-electron chi connectivity index (χ4n) is 2.09. The molecule has 2 aromatic rings. The second kappa shape index (κ2) is 12.2. The Kier molecular flexibility index (Phi) is 10.0. The normalized spacial score (nSPS) is 11.0. The number of hydrogen-bond acceptors (Lipinski definition) is 8. The third-order valence-corrected chi connectivity index (χ3v) is 4.63. The number of hydrazone groups is 1. The zero-order chi connectivity index (χ0) is 23.4. The summed E-state index contributed by atoms with van der Waals surface area (Å²) in [5.41, 5.74) is 8.67. The van der Waals surface area contributed by atoms with Gasteiger partial charge in [-0.1, -0.05) is 17.7 Å². The van der Waals surface area contributed by atoms with Gasteiger partial charge in [-0.3, -0.25) is 0 Å². The molecule has 0 aliphatic heterocycles. The third-order valence-electron chi connectivity index (χ3n) is 3.15. The molecule has 31 heavy (non-hydrogen) atoms. The molecular weight excluding hydrogens is 454 g/mol. The van der Waals surface area contributed by atoms with Crippen LogP contribution in [-0.4, -0.2) is 44.5 Å². The molecule has 0 aliphatic carbocycles. The Morgan fingerprint density at radius 3 is 2.58 bits per heavy atom. The van der Waals surface area contributed by atoms with E-state index >= 15 is 0 Å². The maximum absolute atomic E-state index is 12.4. The third kappa shape index (κ3) is 10.1. The van der Waals surface area contributed by atoms with Crippen LogP contribution in [0, 0.1) is 17.0 Å². The summed E-state index contributed by atoms with van der Waals surface area (Å²) in [6.45, 7) is 5.52. The van der Waals surface area contributed by atoms with Gasteiger partial charge in [0.15, 0.2) is 0 Å². The lowest BCUT2D eigenvalue weighted by atomic mass is 10.2. The highest BCUT2D eigenvalue weighted by molar-refractivity contribution is 7.87. The summed E-state index contributed by atoms with van der Waals surface area (Å²) in [4.78, 5) is 12.3. The molecule has 0 bridgehead atoms. The van der Waals surface area contributed by atoms with Crippen molar-refractivity contribution in [2.75, 3.05) is 13.2 Å². The van der Waals surface area contributed by atoms with Gasteiger partial charge in [-0.25, -0.2) is 10.4 Å². The van der Waals surface area contributed by atoms with Crippen molar-refractivity contribution < 1.29 is 27.6 Å². The Morgan fingerprint density at radius 2 is 1.97 bits per heavy atom. The minimum Gasteiger partial charge on any atom is -0.492 e. The van der Waals surface area contributed by atoms with Crippen LogP contribution in [0.2, 0.25) is 5.02 Å². The summed E-state index contributed by atoms with van der Waals surface area (Å²) in [6.07, 6.45) is 0. The van der Waals surface area contributed by atoms with Gasteiger partial charge in [0.25, 0.3) is 5.09 Å². The van der Waals surface area contributed by atoms with E-state index in [1.165, 1.54) is 24.3 Å². The van der Waals surface area contributed by atoms with Crippen molar-refractivity contribution in [1.29, 1.82) is 0 Å². The van der Waals surface area contributed by atoms with E-state index in [9.17, 15) is 8.42 Å². The van der Waals surface area contributed by atoms with Crippen molar-refractivity contribution in [3.05, 3.63) is 63.2 Å². The fourth-order valence-corrected chi connectivity index (χ4v) is 3.31. The van der Waals surface area contributed by atoms with Crippen LogP contribution in [0.15, 0.2) is 57.5 Å². The van der Waals surface area contributed by atoms with Crippen molar-refractivity contribution >= 4 is 34.4 Å². The van der Waals surface area contributed by atoms with Crippen molar-refractivity contribution in [3.8, 4) is 11.5 Å². The number of ether oxygens (including phenoxy) is 1. The van der Waals surface area contributed by atoms with Crippen LogP contribution >= 0.6 is 11.6 Å². The van der Waals surface area contributed by atoms with Crippen LogP contribution in [-0.2, 0) is 10.1 Å². The van der Waals surface area contributed by atoms with Crippen LogP contribution in [0.3, 0.4) is 0 Å². The highest BCUT2D eigenvalue weighted by Gasteiger charge is 2.17.